The predicted octanol–water partition coefficient (Wildman–Crippen LogP) is 15.8. The van der Waals surface area contributed by atoms with Crippen molar-refractivity contribution in [3.05, 3.63) is 218 Å². The van der Waals surface area contributed by atoms with Crippen molar-refractivity contribution in [1.29, 1.82) is 0 Å². The van der Waals surface area contributed by atoms with Crippen molar-refractivity contribution >= 4 is 82.4 Å². The molecule has 59 heavy (non-hydrogen) atoms. The van der Waals surface area contributed by atoms with Crippen LogP contribution in [-0.4, -0.2) is 4.57 Å². The molecule has 0 spiro atoms. The van der Waals surface area contributed by atoms with E-state index in [1.54, 1.807) is 0 Å². The number of fused-ring (bicyclic) bond motifs is 9. The highest BCUT2D eigenvalue weighted by molar-refractivity contribution is 6.13. The average Bonchev–Trinajstić information content (AvgIpc) is 3.86. The first-order valence-electron chi connectivity index (χ1n) is 20.2. The van der Waals surface area contributed by atoms with Gasteiger partial charge in [0.2, 0.25) is 0 Å². The van der Waals surface area contributed by atoms with Gasteiger partial charge >= 0.3 is 0 Å². The Morgan fingerprint density at radius 1 is 0.339 bits per heavy atom. The Labute approximate surface area is 341 Å². The number of benzene rings is 10. The molecule has 0 fully saturated rings. The lowest BCUT2D eigenvalue weighted by molar-refractivity contribution is 0.670. The van der Waals surface area contributed by atoms with Gasteiger partial charge in [0.15, 0.2) is 0 Å². The van der Waals surface area contributed by atoms with Crippen molar-refractivity contribution in [3.63, 3.8) is 0 Å². The molecule has 0 radical (unpaired) electrons. The summed E-state index contributed by atoms with van der Waals surface area (Å²) in [4.78, 5) is 2.37. The van der Waals surface area contributed by atoms with Crippen LogP contribution in [0.1, 0.15) is 0 Å². The van der Waals surface area contributed by atoms with Crippen molar-refractivity contribution in [2.24, 2.45) is 0 Å². The molecule has 3 heteroatoms. The van der Waals surface area contributed by atoms with Gasteiger partial charge in [0.25, 0.3) is 0 Å². The Morgan fingerprint density at radius 2 is 0.932 bits per heavy atom. The van der Waals surface area contributed by atoms with Gasteiger partial charge < -0.3 is 13.9 Å². The number of hydrogen-bond donors (Lipinski definition) is 0. The molecular weight excluding hydrogens is 717 g/mol. The second-order valence-corrected chi connectivity index (χ2v) is 15.3. The molecule has 0 saturated carbocycles. The molecule has 0 saturated heterocycles. The highest BCUT2D eigenvalue weighted by Gasteiger charge is 2.18. The largest absolute Gasteiger partial charge is 0.455 e. The van der Waals surface area contributed by atoms with Crippen molar-refractivity contribution < 1.29 is 4.42 Å². The number of aromatic nitrogens is 1. The Balaban J connectivity index is 1.00. The van der Waals surface area contributed by atoms with Crippen LogP contribution in [0.15, 0.2) is 223 Å². The third-order valence-electron chi connectivity index (χ3n) is 12.0. The van der Waals surface area contributed by atoms with E-state index in [1.807, 2.05) is 12.1 Å². The van der Waals surface area contributed by atoms with Crippen LogP contribution in [0.5, 0.6) is 0 Å². The summed E-state index contributed by atoms with van der Waals surface area (Å²) in [5, 5.41) is 9.80. The van der Waals surface area contributed by atoms with Gasteiger partial charge in [0.1, 0.15) is 11.2 Å². The second-order valence-electron chi connectivity index (χ2n) is 15.3. The fourth-order valence-electron chi connectivity index (χ4n) is 9.27. The maximum atomic E-state index is 6.45. The van der Waals surface area contributed by atoms with Gasteiger partial charge in [-0.25, -0.2) is 0 Å². The molecule has 12 aromatic rings. The minimum Gasteiger partial charge on any atom is -0.455 e. The number of hydrogen-bond acceptors (Lipinski definition) is 2. The number of anilines is 3. The van der Waals surface area contributed by atoms with Gasteiger partial charge in [-0.15, -0.1) is 0 Å². The first kappa shape index (κ1) is 33.3. The monoisotopic (exact) mass is 752 g/mol. The molecule has 0 N–H and O–H groups in total. The standard InChI is InChI=1S/C56H36N2O/c1-2-15-44-37(12-1)28-35-48-45(19-10-21-47(44)48)39-13-9-14-43(36-39)57(40-29-26-38(27-30-40)46-20-11-22-52-51-18-5-8-25-55(51)59-56(46)52)41-31-33-42(34-32-41)58-53-23-6-3-16-49(53)50-17-4-7-24-54(50)58/h1-36H. The molecule has 3 nitrogen and oxygen atoms in total. The second kappa shape index (κ2) is 13.4. The van der Waals surface area contributed by atoms with Gasteiger partial charge in [-0.1, -0.05) is 152 Å². The molecular formula is C56H36N2O. The summed E-state index contributed by atoms with van der Waals surface area (Å²) >= 11 is 0. The fraction of sp³-hybridized carbons (Fsp3) is 0. The molecule has 12 rings (SSSR count). The van der Waals surface area contributed by atoms with Crippen LogP contribution in [0.3, 0.4) is 0 Å². The first-order chi connectivity index (χ1) is 29.3. The molecule has 0 unspecified atom stereocenters. The number of furan rings is 1. The number of rotatable bonds is 6. The highest BCUT2D eigenvalue weighted by atomic mass is 16.3. The third-order valence-corrected chi connectivity index (χ3v) is 12.0. The Hall–Kier alpha value is -7.88. The predicted molar refractivity (Wildman–Crippen MR) is 249 cm³/mol. The summed E-state index contributed by atoms with van der Waals surface area (Å²) in [5.41, 5.74) is 13.1. The lowest BCUT2D eigenvalue weighted by Gasteiger charge is -2.26. The topological polar surface area (TPSA) is 21.3 Å². The van der Waals surface area contributed by atoms with E-state index in [1.165, 1.54) is 54.5 Å². The molecule has 0 aliphatic rings. The summed E-state index contributed by atoms with van der Waals surface area (Å²) in [6.45, 7) is 0. The van der Waals surface area contributed by atoms with E-state index in [0.717, 1.165) is 55.8 Å². The summed E-state index contributed by atoms with van der Waals surface area (Å²) in [6, 6.07) is 78.7. The Morgan fingerprint density at radius 3 is 1.69 bits per heavy atom. The first-order valence-corrected chi connectivity index (χ1v) is 20.2. The van der Waals surface area contributed by atoms with Crippen LogP contribution >= 0.6 is 0 Å². The highest BCUT2D eigenvalue weighted by Crippen LogP contribution is 2.42. The molecule has 0 atom stereocenters. The molecule has 2 heterocycles. The van der Waals surface area contributed by atoms with Crippen molar-refractivity contribution in [3.8, 4) is 27.9 Å². The SMILES string of the molecule is c1cc(-c2cccc3c2ccc2ccccc23)cc(N(c2ccc(-c3cccc4c3oc3ccccc34)cc2)c2ccc(-n3c4ccccc4c4ccccc43)cc2)c1. The molecule has 0 amide bonds. The quantitative estimate of drug-likeness (QED) is 0.158. The zero-order valence-electron chi connectivity index (χ0n) is 32.1. The van der Waals surface area contributed by atoms with Crippen molar-refractivity contribution in [2.75, 3.05) is 4.90 Å². The minimum absolute atomic E-state index is 0.904. The average molecular weight is 753 g/mol. The van der Waals surface area contributed by atoms with Crippen LogP contribution in [-0.2, 0) is 0 Å². The van der Waals surface area contributed by atoms with E-state index in [0.29, 0.717) is 0 Å². The van der Waals surface area contributed by atoms with E-state index >= 15 is 0 Å². The van der Waals surface area contributed by atoms with E-state index in [4.69, 9.17) is 4.42 Å². The van der Waals surface area contributed by atoms with Crippen LogP contribution in [0.4, 0.5) is 17.1 Å². The number of nitrogens with zero attached hydrogens (tertiary/aromatic N) is 2. The van der Waals surface area contributed by atoms with Gasteiger partial charge in [-0.3, -0.25) is 0 Å². The zero-order chi connectivity index (χ0) is 38.9. The van der Waals surface area contributed by atoms with Gasteiger partial charge in [-0.2, -0.15) is 0 Å². The van der Waals surface area contributed by atoms with Crippen molar-refractivity contribution in [1.82, 2.24) is 4.57 Å². The fourth-order valence-corrected chi connectivity index (χ4v) is 9.27. The lowest BCUT2D eigenvalue weighted by atomic mass is 9.94. The maximum absolute atomic E-state index is 6.45. The minimum atomic E-state index is 0.904. The summed E-state index contributed by atoms with van der Waals surface area (Å²) in [5.74, 6) is 0. The normalized spacial score (nSPS) is 11.7. The van der Waals surface area contributed by atoms with E-state index < -0.39 is 0 Å². The van der Waals surface area contributed by atoms with E-state index in [-0.39, 0.29) is 0 Å². The maximum Gasteiger partial charge on any atom is 0.143 e. The molecule has 276 valence electrons. The summed E-state index contributed by atoms with van der Waals surface area (Å²) < 4.78 is 8.82. The molecule has 0 bridgehead atoms. The molecule has 10 aromatic carbocycles. The van der Waals surface area contributed by atoms with Gasteiger partial charge in [0.05, 0.1) is 11.0 Å². The van der Waals surface area contributed by atoms with Crippen LogP contribution < -0.4 is 4.90 Å². The Kier molecular flexibility index (Phi) is 7.54. The van der Waals surface area contributed by atoms with Crippen LogP contribution in [0, 0.1) is 0 Å². The molecule has 0 aliphatic carbocycles. The lowest BCUT2D eigenvalue weighted by Crippen LogP contribution is -2.10. The van der Waals surface area contributed by atoms with Crippen LogP contribution in [0.2, 0.25) is 0 Å². The van der Waals surface area contributed by atoms with Gasteiger partial charge in [-0.05, 0) is 105 Å². The third kappa shape index (κ3) is 5.36. The molecule has 2 aromatic heterocycles. The van der Waals surface area contributed by atoms with E-state index in [2.05, 4.69) is 216 Å². The smallest absolute Gasteiger partial charge is 0.143 e. The summed E-state index contributed by atoms with van der Waals surface area (Å²) in [6.07, 6.45) is 0. The zero-order valence-corrected chi connectivity index (χ0v) is 32.1. The van der Waals surface area contributed by atoms with Crippen LogP contribution in [0.25, 0.3) is 93.2 Å². The van der Waals surface area contributed by atoms with E-state index in [9.17, 15) is 0 Å². The summed E-state index contributed by atoms with van der Waals surface area (Å²) in [7, 11) is 0. The number of para-hydroxylation sites is 4. The Bertz CT molecular complexity index is 3500. The molecule has 0 aliphatic heterocycles. The van der Waals surface area contributed by atoms with Gasteiger partial charge in [0, 0.05) is 49.9 Å². The van der Waals surface area contributed by atoms with Crippen molar-refractivity contribution in [2.45, 2.75) is 0 Å².